The molecule has 2 aromatic heterocycles. The molecule has 3 rings (SSSR count). The molecular weight excluding hydrogens is 322 g/mol. The van der Waals surface area contributed by atoms with Crippen LogP contribution in [-0.2, 0) is 14.6 Å². The predicted octanol–water partition coefficient (Wildman–Crippen LogP) is 1.51. The van der Waals surface area contributed by atoms with Crippen LogP contribution in [0.5, 0.6) is 0 Å². The summed E-state index contributed by atoms with van der Waals surface area (Å²) in [4.78, 5) is 18.4. The topological polar surface area (TPSA) is 111 Å². The summed E-state index contributed by atoms with van der Waals surface area (Å²) in [5, 5.41) is 8.45. The van der Waals surface area contributed by atoms with Crippen molar-refractivity contribution in [2.45, 2.75) is 35.5 Å². The highest BCUT2D eigenvalue weighted by Gasteiger charge is 2.24. The minimum absolute atomic E-state index is 0.0786. The molecule has 2 aromatic rings. The van der Waals surface area contributed by atoms with Crippen LogP contribution < -0.4 is 0 Å². The first-order valence-electron chi connectivity index (χ1n) is 7.08. The first kappa shape index (κ1) is 15.6. The van der Waals surface area contributed by atoms with Crippen LogP contribution in [0.15, 0.2) is 40.9 Å². The first-order chi connectivity index (χ1) is 11.0. The van der Waals surface area contributed by atoms with Gasteiger partial charge in [0.1, 0.15) is 6.23 Å². The van der Waals surface area contributed by atoms with Gasteiger partial charge in [-0.15, -0.1) is 0 Å². The molecule has 0 aromatic carbocycles. The summed E-state index contributed by atoms with van der Waals surface area (Å²) in [5.41, 5.74) is -0.0786. The summed E-state index contributed by atoms with van der Waals surface area (Å²) in [6.07, 6.45) is 6.46. The number of aromatic carboxylic acids is 1. The first-order valence-corrected chi connectivity index (χ1v) is 8.56. The quantitative estimate of drug-likeness (QED) is 0.900. The molecule has 3 heterocycles. The summed E-state index contributed by atoms with van der Waals surface area (Å²) in [7, 11) is -3.89. The third-order valence-corrected chi connectivity index (χ3v) is 5.15. The minimum atomic E-state index is -3.89. The van der Waals surface area contributed by atoms with E-state index in [9.17, 15) is 13.2 Å². The highest BCUT2D eigenvalue weighted by Crippen LogP contribution is 2.24. The number of hydrogen-bond acceptors (Lipinski definition) is 6. The third kappa shape index (κ3) is 3.10. The molecule has 1 aliphatic rings. The van der Waals surface area contributed by atoms with E-state index in [-0.39, 0.29) is 21.8 Å². The van der Waals surface area contributed by atoms with Crippen molar-refractivity contribution in [3.05, 3.63) is 36.4 Å². The van der Waals surface area contributed by atoms with E-state index in [0.717, 1.165) is 31.5 Å². The number of imidazole rings is 1. The Kier molecular flexibility index (Phi) is 4.14. The van der Waals surface area contributed by atoms with Gasteiger partial charge in [-0.3, -0.25) is 0 Å². The molecule has 1 unspecified atom stereocenters. The lowest BCUT2D eigenvalue weighted by Gasteiger charge is -2.23. The number of aromatic nitrogens is 3. The van der Waals surface area contributed by atoms with Gasteiger partial charge in [-0.2, -0.15) is 0 Å². The lowest BCUT2D eigenvalue weighted by Crippen LogP contribution is -2.16. The largest absolute Gasteiger partial charge is 0.478 e. The van der Waals surface area contributed by atoms with Crippen molar-refractivity contribution in [3.63, 3.8) is 0 Å². The highest BCUT2D eigenvalue weighted by atomic mass is 32.2. The number of ether oxygens (including phenoxy) is 1. The van der Waals surface area contributed by atoms with Crippen molar-refractivity contribution in [1.29, 1.82) is 0 Å². The SMILES string of the molecule is O=C(O)c1ccc(S(=O)(=O)c2cn(C3CCCCO3)cn2)nc1. The fourth-order valence-electron chi connectivity index (χ4n) is 2.35. The van der Waals surface area contributed by atoms with Crippen LogP contribution in [0.2, 0.25) is 0 Å². The molecule has 0 amide bonds. The van der Waals surface area contributed by atoms with E-state index in [0.29, 0.717) is 6.61 Å². The average molecular weight is 337 g/mol. The molecule has 1 fully saturated rings. The molecule has 122 valence electrons. The monoisotopic (exact) mass is 337 g/mol. The second-order valence-electron chi connectivity index (χ2n) is 5.17. The van der Waals surface area contributed by atoms with Crippen molar-refractivity contribution in [2.75, 3.05) is 6.61 Å². The second-order valence-corrected chi connectivity index (χ2v) is 7.02. The molecular formula is C14H15N3O5S. The Bertz CT molecular complexity index is 807. The number of sulfone groups is 1. The average Bonchev–Trinajstić information content (AvgIpc) is 3.06. The van der Waals surface area contributed by atoms with Gasteiger partial charge in [0.2, 0.25) is 9.84 Å². The Hall–Kier alpha value is -2.26. The van der Waals surface area contributed by atoms with Gasteiger partial charge >= 0.3 is 5.97 Å². The van der Waals surface area contributed by atoms with E-state index < -0.39 is 15.8 Å². The molecule has 9 heteroatoms. The molecule has 0 radical (unpaired) electrons. The van der Waals surface area contributed by atoms with E-state index in [1.165, 1.54) is 18.6 Å². The maximum atomic E-state index is 12.5. The lowest BCUT2D eigenvalue weighted by molar-refractivity contribution is -0.0321. The molecule has 8 nitrogen and oxygen atoms in total. The van der Waals surface area contributed by atoms with Gasteiger partial charge in [-0.25, -0.2) is 23.2 Å². The van der Waals surface area contributed by atoms with Crippen LogP contribution in [0.25, 0.3) is 0 Å². The van der Waals surface area contributed by atoms with Crippen LogP contribution >= 0.6 is 0 Å². The lowest BCUT2D eigenvalue weighted by atomic mass is 10.2. The highest BCUT2D eigenvalue weighted by molar-refractivity contribution is 7.91. The normalized spacial score (nSPS) is 18.7. The Balaban J connectivity index is 1.87. The number of carboxylic acid groups (broad SMARTS) is 1. The molecule has 1 aliphatic heterocycles. The standard InChI is InChI=1S/C14H15N3O5S/c18-14(19)10-4-5-11(15-7-10)23(20,21)12-8-17(9-16-12)13-3-1-2-6-22-13/h4-5,7-9,13H,1-3,6H2,(H,18,19). The number of nitrogens with zero attached hydrogens (tertiary/aromatic N) is 3. The number of hydrogen-bond donors (Lipinski definition) is 1. The van der Waals surface area contributed by atoms with E-state index in [4.69, 9.17) is 9.84 Å². The number of pyridine rings is 1. The summed E-state index contributed by atoms with van der Waals surface area (Å²) >= 11 is 0. The molecule has 1 saturated heterocycles. The van der Waals surface area contributed by atoms with Gasteiger partial charge in [0.25, 0.3) is 0 Å². The van der Waals surface area contributed by atoms with Crippen molar-refractivity contribution >= 4 is 15.8 Å². The van der Waals surface area contributed by atoms with Crippen molar-refractivity contribution in [2.24, 2.45) is 0 Å². The summed E-state index contributed by atoms with van der Waals surface area (Å²) in [5.74, 6) is -1.17. The summed E-state index contributed by atoms with van der Waals surface area (Å²) < 4.78 is 32.2. The maximum Gasteiger partial charge on any atom is 0.337 e. The maximum absolute atomic E-state index is 12.5. The van der Waals surface area contributed by atoms with E-state index in [2.05, 4.69) is 9.97 Å². The molecule has 0 saturated carbocycles. The van der Waals surface area contributed by atoms with Crippen molar-refractivity contribution in [1.82, 2.24) is 14.5 Å². The molecule has 0 spiro atoms. The van der Waals surface area contributed by atoms with Gasteiger partial charge in [-0.1, -0.05) is 0 Å². The van der Waals surface area contributed by atoms with Gasteiger partial charge < -0.3 is 14.4 Å². The van der Waals surface area contributed by atoms with Gasteiger partial charge in [-0.05, 0) is 31.4 Å². The Labute approximate surface area is 132 Å². The molecule has 1 N–H and O–H groups in total. The predicted molar refractivity (Wildman–Crippen MR) is 77.7 cm³/mol. The van der Waals surface area contributed by atoms with Gasteiger partial charge in [0, 0.05) is 19.0 Å². The van der Waals surface area contributed by atoms with Crippen LogP contribution in [-0.4, -0.2) is 40.6 Å². The van der Waals surface area contributed by atoms with E-state index in [1.54, 1.807) is 4.57 Å². The number of rotatable bonds is 4. The summed E-state index contributed by atoms with van der Waals surface area (Å²) in [6.45, 7) is 0.642. The minimum Gasteiger partial charge on any atom is -0.478 e. The fourth-order valence-corrected chi connectivity index (χ4v) is 3.45. The van der Waals surface area contributed by atoms with Crippen LogP contribution in [0.1, 0.15) is 35.8 Å². The Morgan fingerprint density at radius 2 is 2.09 bits per heavy atom. The van der Waals surface area contributed by atoms with Gasteiger partial charge in [0.15, 0.2) is 10.1 Å². The summed E-state index contributed by atoms with van der Waals surface area (Å²) in [6, 6.07) is 2.36. The Morgan fingerprint density at radius 3 is 2.70 bits per heavy atom. The zero-order chi connectivity index (χ0) is 16.4. The van der Waals surface area contributed by atoms with Crippen LogP contribution in [0, 0.1) is 0 Å². The number of carboxylic acids is 1. The van der Waals surface area contributed by atoms with Crippen molar-refractivity contribution < 1.29 is 23.1 Å². The Morgan fingerprint density at radius 1 is 1.26 bits per heavy atom. The van der Waals surface area contributed by atoms with Crippen LogP contribution in [0.3, 0.4) is 0 Å². The smallest absolute Gasteiger partial charge is 0.337 e. The van der Waals surface area contributed by atoms with E-state index in [1.807, 2.05) is 0 Å². The van der Waals surface area contributed by atoms with Crippen LogP contribution in [0.4, 0.5) is 0 Å². The molecule has 23 heavy (non-hydrogen) atoms. The molecule has 1 atom stereocenters. The molecule has 0 aliphatic carbocycles. The zero-order valence-electron chi connectivity index (χ0n) is 12.1. The second kappa shape index (κ2) is 6.09. The zero-order valence-corrected chi connectivity index (χ0v) is 12.9. The van der Waals surface area contributed by atoms with E-state index >= 15 is 0 Å². The van der Waals surface area contributed by atoms with Crippen molar-refractivity contribution in [3.8, 4) is 0 Å². The fraction of sp³-hybridized carbons (Fsp3) is 0.357. The molecule has 0 bridgehead atoms. The van der Waals surface area contributed by atoms with Gasteiger partial charge in [0.05, 0.1) is 11.9 Å². The number of carbonyl (C=O) groups is 1. The third-order valence-electron chi connectivity index (χ3n) is 3.60.